The van der Waals surface area contributed by atoms with Gasteiger partial charge in [0, 0.05) is 25.2 Å². The van der Waals surface area contributed by atoms with Crippen molar-refractivity contribution >= 4 is 34.3 Å². The maximum absolute atomic E-state index is 14.8. The molecule has 1 amide bonds. The number of imidazole rings is 1. The molecule has 12 heteroatoms. The van der Waals surface area contributed by atoms with Crippen LogP contribution in [0.25, 0.3) is 11.2 Å². The molecule has 0 saturated heterocycles. The van der Waals surface area contributed by atoms with Crippen LogP contribution in [0.1, 0.15) is 51.1 Å². The van der Waals surface area contributed by atoms with E-state index in [0.29, 0.717) is 45.8 Å². The second kappa shape index (κ2) is 10.3. The average molecular weight is 560 g/mol. The number of hydrogen-bond donors (Lipinski definition) is 2. The second-order valence-electron chi connectivity index (χ2n) is 10.1. The van der Waals surface area contributed by atoms with Gasteiger partial charge in [-0.05, 0) is 73.0 Å². The van der Waals surface area contributed by atoms with E-state index in [4.69, 9.17) is 4.98 Å². The lowest BCUT2D eigenvalue weighted by molar-refractivity contribution is 0.0996. The summed E-state index contributed by atoms with van der Waals surface area (Å²) >= 11 is 1.05. The van der Waals surface area contributed by atoms with Gasteiger partial charge >= 0.3 is 5.69 Å². The number of fused-ring (bicyclic) bond motifs is 1. The van der Waals surface area contributed by atoms with Crippen molar-refractivity contribution in [3.8, 4) is 0 Å². The molecule has 6 rings (SSSR count). The Hall–Kier alpha value is -4.45. The van der Waals surface area contributed by atoms with E-state index in [2.05, 4.69) is 19.6 Å². The minimum atomic E-state index is -0.543. The van der Waals surface area contributed by atoms with E-state index >= 15 is 0 Å². The number of nitrogens with one attached hydrogen (secondary N) is 2. The average Bonchev–Trinajstić information content (AvgIpc) is 3.49. The van der Waals surface area contributed by atoms with Crippen molar-refractivity contribution in [3.05, 3.63) is 103 Å². The second-order valence-corrected chi connectivity index (χ2v) is 10.9. The van der Waals surface area contributed by atoms with Crippen LogP contribution < -0.4 is 16.1 Å². The van der Waals surface area contributed by atoms with Gasteiger partial charge in [0.25, 0.3) is 11.5 Å². The van der Waals surface area contributed by atoms with Crippen molar-refractivity contribution in [3.63, 3.8) is 0 Å². The number of nitrogens with zero attached hydrogens (tertiary/aromatic N) is 5. The van der Waals surface area contributed by atoms with Gasteiger partial charge in [-0.15, -0.1) is 5.10 Å². The molecule has 2 aromatic carbocycles. The highest BCUT2D eigenvalue weighted by molar-refractivity contribution is 7.08. The van der Waals surface area contributed by atoms with Crippen LogP contribution in [0.2, 0.25) is 0 Å². The number of halogens is 1. The topological polar surface area (TPSA) is 130 Å². The van der Waals surface area contributed by atoms with Crippen molar-refractivity contribution in [1.29, 1.82) is 0 Å². The molecule has 204 valence electrons. The highest BCUT2D eigenvalue weighted by Gasteiger charge is 2.27. The third-order valence-electron chi connectivity index (χ3n) is 7.33. The minimum Gasteiger partial charge on any atom is -0.336 e. The first-order chi connectivity index (χ1) is 19.3. The van der Waals surface area contributed by atoms with Crippen molar-refractivity contribution in [2.24, 2.45) is 5.92 Å². The number of carbonyl (C=O) groups excluding carboxylic acids is 1. The molecule has 1 saturated carbocycles. The summed E-state index contributed by atoms with van der Waals surface area (Å²) in [6.45, 7) is 2.22. The van der Waals surface area contributed by atoms with Gasteiger partial charge in [-0.1, -0.05) is 34.8 Å². The molecule has 10 nitrogen and oxygen atoms in total. The van der Waals surface area contributed by atoms with Gasteiger partial charge in [0.15, 0.2) is 5.65 Å². The van der Waals surface area contributed by atoms with Crippen LogP contribution in [0.4, 0.5) is 10.1 Å². The van der Waals surface area contributed by atoms with Crippen molar-refractivity contribution in [1.82, 2.24) is 29.1 Å². The number of aryl methyl sites for hydroxylation is 1. The summed E-state index contributed by atoms with van der Waals surface area (Å²) in [5.74, 6) is -0.188. The lowest BCUT2D eigenvalue weighted by atomic mass is 9.91. The Morgan fingerprint density at radius 1 is 1.15 bits per heavy atom. The largest absolute Gasteiger partial charge is 0.336 e. The number of hydrogen-bond acceptors (Lipinski definition) is 7. The quantitative estimate of drug-likeness (QED) is 0.298. The summed E-state index contributed by atoms with van der Waals surface area (Å²) in [5, 5.41) is 3.92. The molecule has 1 unspecified atom stereocenters. The van der Waals surface area contributed by atoms with E-state index < -0.39 is 17.2 Å². The lowest BCUT2D eigenvalue weighted by Gasteiger charge is -2.19. The molecular formula is C28H26FN7O3S. The zero-order valence-electron chi connectivity index (χ0n) is 21.8. The molecule has 0 radical (unpaired) electrons. The van der Waals surface area contributed by atoms with Gasteiger partial charge in [-0.25, -0.2) is 14.2 Å². The van der Waals surface area contributed by atoms with Gasteiger partial charge in [-0.3, -0.25) is 19.1 Å². The molecule has 1 aliphatic rings. The van der Waals surface area contributed by atoms with Crippen LogP contribution in [0.3, 0.4) is 0 Å². The molecule has 1 aliphatic carbocycles. The molecule has 0 spiro atoms. The van der Waals surface area contributed by atoms with Crippen LogP contribution >= 0.6 is 11.5 Å². The summed E-state index contributed by atoms with van der Waals surface area (Å²) in [6, 6.07) is 13.9. The number of carbonyl (C=O) groups is 1. The molecule has 0 bridgehead atoms. The third kappa shape index (κ3) is 4.86. The summed E-state index contributed by atoms with van der Waals surface area (Å²) in [6.07, 6.45) is 2.32. The Bertz CT molecular complexity index is 1840. The predicted molar refractivity (Wildman–Crippen MR) is 149 cm³/mol. The van der Waals surface area contributed by atoms with Gasteiger partial charge < -0.3 is 9.88 Å². The predicted octanol–water partition coefficient (Wildman–Crippen LogP) is 3.77. The maximum Gasteiger partial charge on any atom is 0.330 e. The maximum atomic E-state index is 14.8. The zero-order valence-corrected chi connectivity index (χ0v) is 22.7. The zero-order chi connectivity index (χ0) is 28.0. The van der Waals surface area contributed by atoms with E-state index in [1.54, 1.807) is 32.2 Å². The molecule has 2 N–H and O–H groups in total. The molecule has 0 aliphatic heterocycles. The first-order valence-corrected chi connectivity index (χ1v) is 13.7. The number of H-pyrrole nitrogens is 2. The number of rotatable bonds is 8. The third-order valence-corrected chi connectivity index (χ3v) is 8.15. The SMILES string of the molecule is Cc1nnsc1C(=O)N(C)c1ccc(C(Cc2ccccc2F)c2nc3c([nH]2)c(=O)[nH]c(=O)n3CC2CC2)cc1. The fourth-order valence-corrected chi connectivity index (χ4v) is 5.47. The number of aromatic nitrogens is 6. The molecule has 5 aromatic rings. The van der Waals surface area contributed by atoms with Crippen LogP contribution in [0.15, 0.2) is 58.1 Å². The van der Waals surface area contributed by atoms with Gasteiger partial charge in [0.1, 0.15) is 22.0 Å². The van der Waals surface area contributed by atoms with E-state index in [0.717, 1.165) is 29.9 Å². The van der Waals surface area contributed by atoms with Crippen molar-refractivity contribution in [2.45, 2.75) is 38.6 Å². The highest BCUT2D eigenvalue weighted by Crippen LogP contribution is 2.32. The van der Waals surface area contributed by atoms with Gasteiger partial charge in [0.2, 0.25) is 0 Å². The van der Waals surface area contributed by atoms with Crippen LogP contribution in [-0.4, -0.2) is 42.1 Å². The van der Waals surface area contributed by atoms with Gasteiger partial charge in [0.05, 0.1) is 5.69 Å². The molecule has 1 atom stereocenters. The number of amides is 1. The normalized spacial score (nSPS) is 14.0. The van der Waals surface area contributed by atoms with E-state index in [-0.39, 0.29) is 23.7 Å². The fourth-order valence-electron chi connectivity index (χ4n) is 4.84. The van der Waals surface area contributed by atoms with E-state index in [1.165, 1.54) is 15.5 Å². The summed E-state index contributed by atoms with van der Waals surface area (Å²) in [4.78, 5) is 50.5. The summed E-state index contributed by atoms with van der Waals surface area (Å²) in [5.41, 5.74) is 2.00. The summed E-state index contributed by atoms with van der Waals surface area (Å²) in [7, 11) is 1.68. The van der Waals surface area contributed by atoms with Crippen LogP contribution in [0, 0.1) is 18.7 Å². The van der Waals surface area contributed by atoms with Gasteiger partial charge in [-0.2, -0.15) is 0 Å². The number of anilines is 1. The summed E-state index contributed by atoms with van der Waals surface area (Å²) < 4.78 is 20.1. The first-order valence-electron chi connectivity index (χ1n) is 12.9. The number of benzene rings is 2. The van der Waals surface area contributed by atoms with Crippen molar-refractivity contribution < 1.29 is 9.18 Å². The Balaban J connectivity index is 1.40. The molecule has 1 fully saturated rings. The smallest absolute Gasteiger partial charge is 0.330 e. The molecule has 3 heterocycles. The Labute approximate surface area is 231 Å². The minimum absolute atomic E-state index is 0.212. The highest BCUT2D eigenvalue weighted by atomic mass is 32.1. The van der Waals surface area contributed by atoms with Crippen LogP contribution in [0.5, 0.6) is 0 Å². The lowest BCUT2D eigenvalue weighted by Crippen LogP contribution is -2.30. The monoisotopic (exact) mass is 559 g/mol. The molecule has 40 heavy (non-hydrogen) atoms. The van der Waals surface area contributed by atoms with E-state index in [1.807, 2.05) is 24.3 Å². The fraction of sp³-hybridized carbons (Fsp3) is 0.286. The van der Waals surface area contributed by atoms with Crippen molar-refractivity contribution in [2.75, 3.05) is 11.9 Å². The Morgan fingerprint density at radius 3 is 2.58 bits per heavy atom. The first kappa shape index (κ1) is 25.8. The standard InChI is InChI=1S/C28H26FN7O3S/c1-15-23(40-34-33-15)27(38)35(2)19-11-9-17(10-12-19)20(13-18-5-3-4-6-21(18)29)24-30-22-25(31-24)36(14-16-7-8-16)28(39)32-26(22)37/h3-6,9-12,16,20H,7-8,13-14H2,1-2H3,(H,30,31)(H,32,37,39). The number of aromatic amines is 2. The molecule has 3 aromatic heterocycles. The van der Waals surface area contributed by atoms with Crippen LogP contribution in [-0.2, 0) is 13.0 Å². The Kier molecular flexibility index (Phi) is 6.62. The Morgan fingerprint density at radius 2 is 1.90 bits per heavy atom. The van der Waals surface area contributed by atoms with E-state index in [9.17, 15) is 18.8 Å². The molecular weight excluding hydrogens is 533 g/mol.